The van der Waals surface area contributed by atoms with E-state index in [1.807, 2.05) is 0 Å². The molecule has 0 atom stereocenters. The molecule has 0 heterocycles. The van der Waals surface area contributed by atoms with Gasteiger partial charge in [0.2, 0.25) is 0 Å². The zero-order valence-electron chi connectivity index (χ0n) is 15.7. The molecule has 4 heteroatoms. The molecular weight excluding hydrogens is 304 g/mol. The first-order valence-corrected chi connectivity index (χ1v) is 11.4. The van der Waals surface area contributed by atoms with Crippen molar-refractivity contribution in [3.8, 4) is 0 Å². The van der Waals surface area contributed by atoms with Crippen molar-refractivity contribution in [2.75, 3.05) is 21.3 Å². The number of rotatable bonds is 8. The van der Waals surface area contributed by atoms with E-state index in [0.29, 0.717) is 0 Å². The summed E-state index contributed by atoms with van der Waals surface area (Å²) in [5.41, 5.74) is 0.798. The van der Waals surface area contributed by atoms with Gasteiger partial charge in [0.1, 0.15) is 0 Å². The average Bonchev–Trinajstić information content (AvgIpc) is 2.62. The highest BCUT2D eigenvalue weighted by molar-refractivity contribution is 6.64. The Morgan fingerprint density at radius 1 is 0.783 bits per heavy atom. The van der Waals surface area contributed by atoms with Crippen LogP contribution < -0.4 is 0 Å². The van der Waals surface area contributed by atoms with E-state index in [4.69, 9.17) is 14.2 Å². The first-order valence-electron chi connectivity index (χ1n) is 9.73. The van der Waals surface area contributed by atoms with E-state index in [2.05, 4.69) is 6.92 Å². The smallest absolute Gasteiger partial charge is 0.254 e. The monoisotopic (exact) mass is 341 g/mol. The zero-order chi connectivity index (χ0) is 16.7. The Hall–Kier alpha value is 0.0969. The molecule has 135 valence electrons. The Morgan fingerprint density at radius 3 is 1.78 bits per heavy atom. The first kappa shape index (κ1) is 19.4. The lowest BCUT2D eigenvalue weighted by Gasteiger charge is -2.46. The third kappa shape index (κ3) is 4.59. The molecule has 0 bridgehead atoms. The summed E-state index contributed by atoms with van der Waals surface area (Å²) in [6.45, 7) is 2.31. The highest BCUT2D eigenvalue weighted by Gasteiger charge is 2.51. The quantitative estimate of drug-likeness (QED) is 0.442. The maximum Gasteiger partial charge on any atom is 0.254 e. The lowest BCUT2D eigenvalue weighted by Crippen LogP contribution is -2.56. The standard InChI is InChI=1S/C19H37O3Si/c1-5-9-16-12-14-18(15-13-16)23(17-10-7-6-8-11-17)19(20-2,21-3)22-4/h16-18H,5-15H2,1-4H3. The summed E-state index contributed by atoms with van der Waals surface area (Å²) in [6, 6.07) is 0. The van der Waals surface area contributed by atoms with Crippen molar-refractivity contribution in [1.29, 1.82) is 0 Å². The molecule has 23 heavy (non-hydrogen) atoms. The van der Waals surface area contributed by atoms with Crippen LogP contribution in [0.4, 0.5) is 0 Å². The van der Waals surface area contributed by atoms with E-state index >= 15 is 0 Å². The lowest BCUT2D eigenvalue weighted by molar-refractivity contribution is -0.299. The summed E-state index contributed by atoms with van der Waals surface area (Å²) < 4.78 is 17.6. The summed E-state index contributed by atoms with van der Waals surface area (Å²) >= 11 is 0. The number of ether oxygens (including phenoxy) is 3. The summed E-state index contributed by atoms with van der Waals surface area (Å²) in [5, 5.41) is 0. The molecule has 2 rings (SSSR count). The van der Waals surface area contributed by atoms with Crippen molar-refractivity contribution >= 4 is 8.80 Å². The van der Waals surface area contributed by atoms with Gasteiger partial charge in [0, 0.05) is 21.3 Å². The van der Waals surface area contributed by atoms with E-state index in [1.165, 1.54) is 70.6 Å². The number of hydrogen-bond acceptors (Lipinski definition) is 3. The Balaban J connectivity index is 2.13. The minimum absolute atomic E-state index is 0.755. The average molecular weight is 342 g/mol. The minimum atomic E-state index is -0.901. The normalized spacial score (nSPS) is 27.5. The van der Waals surface area contributed by atoms with Crippen molar-refractivity contribution in [3.63, 3.8) is 0 Å². The summed E-state index contributed by atoms with van der Waals surface area (Å²) in [6.07, 6.45) is 15.1. The Morgan fingerprint density at radius 2 is 1.30 bits per heavy atom. The molecule has 2 saturated carbocycles. The van der Waals surface area contributed by atoms with Crippen LogP contribution in [0.1, 0.15) is 77.6 Å². The zero-order valence-corrected chi connectivity index (χ0v) is 16.7. The SMILES string of the molecule is CCCC1CCC([Si](C2CCCCC2)C(OC)(OC)OC)CC1. The van der Waals surface area contributed by atoms with Gasteiger partial charge >= 0.3 is 0 Å². The van der Waals surface area contributed by atoms with Crippen LogP contribution in [-0.4, -0.2) is 35.7 Å². The Bertz CT molecular complexity index is 310. The maximum atomic E-state index is 5.88. The summed E-state index contributed by atoms with van der Waals surface area (Å²) in [4.78, 5) is 0. The van der Waals surface area contributed by atoms with Crippen LogP contribution in [0.3, 0.4) is 0 Å². The van der Waals surface area contributed by atoms with Crippen molar-refractivity contribution in [2.45, 2.75) is 94.2 Å². The van der Waals surface area contributed by atoms with E-state index in [0.717, 1.165) is 17.0 Å². The number of hydrogen-bond donors (Lipinski definition) is 0. The van der Waals surface area contributed by atoms with Gasteiger partial charge in [0.05, 0.1) is 0 Å². The highest BCUT2D eigenvalue weighted by Crippen LogP contribution is 2.47. The second kappa shape index (κ2) is 9.55. The van der Waals surface area contributed by atoms with Gasteiger partial charge in [-0.2, -0.15) is 0 Å². The van der Waals surface area contributed by atoms with Crippen LogP contribution in [0.2, 0.25) is 11.1 Å². The fourth-order valence-corrected chi connectivity index (χ4v) is 9.38. The van der Waals surface area contributed by atoms with Crippen LogP contribution in [0.5, 0.6) is 0 Å². The fraction of sp³-hybridized carbons (Fsp3) is 1.00. The van der Waals surface area contributed by atoms with E-state index < -0.39 is 14.4 Å². The third-order valence-corrected chi connectivity index (χ3v) is 10.4. The topological polar surface area (TPSA) is 27.7 Å². The predicted octanol–water partition coefficient (Wildman–Crippen LogP) is 5.31. The predicted molar refractivity (Wildman–Crippen MR) is 97.0 cm³/mol. The molecule has 0 aromatic heterocycles. The molecule has 2 aliphatic carbocycles. The molecule has 0 N–H and O–H groups in total. The third-order valence-electron chi connectivity index (χ3n) is 6.19. The van der Waals surface area contributed by atoms with Crippen molar-refractivity contribution in [1.82, 2.24) is 0 Å². The van der Waals surface area contributed by atoms with Gasteiger partial charge in [0.15, 0.2) is 8.80 Å². The minimum Gasteiger partial charge on any atom is -0.335 e. The number of methoxy groups -OCH3 is 3. The molecule has 1 radical (unpaired) electrons. The molecule has 0 aromatic carbocycles. The molecule has 0 unspecified atom stereocenters. The second-order valence-electron chi connectivity index (χ2n) is 7.47. The molecule has 0 spiro atoms. The van der Waals surface area contributed by atoms with Crippen LogP contribution in [0.15, 0.2) is 0 Å². The molecule has 3 nitrogen and oxygen atoms in total. The first-order chi connectivity index (χ1) is 11.2. The maximum absolute atomic E-state index is 5.88. The van der Waals surface area contributed by atoms with Gasteiger partial charge in [-0.1, -0.05) is 77.6 Å². The van der Waals surface area contributed by atoms with E-state index in [1.54, 1.807) is 21.3 Å². The molecular formula is C19H37O3Si. The second-order valence-corrected chi connectivity index (χ2v) is 10.6. The lowest BCUT2D eigenvalue weighted by atomic mass is 9.86. The molecule has 2 aliphatic rings. The van der Waals surface area contributed by atoms with Crippen LogP contribution in [0, 0.1) is 5.92 Å². The van der Waals surface area contributed by atoms with Crippen LogP contribution >= 0.6 is 0 Å². The molecule has 0 amide bonds. The molecule has 0 saturated heterocycles. The molecule has 2 fully saturated rings. The van der Waals surface area contributed by atoms with Gasteiger partial charge in [0.25, 0.3) is 5.60 Å². The molecule has 0 aliphatic heterocycles. The Kier molecular flexibility index (Phi) is 8.06. The van der Waals surface area contributed by atoms with Crippen LogP contribution in [-0.2, 0) is 14.2 Å². The van der Waals surface area contributed by atoms with Gasteiger partial charge in [-0.05, 0) is 17.0 Å². The van der Waals surface area contributed by atoms with Crippen molar-refractivity contribution in [3.05, 3.63) is 0 Å². The summed E-state index contributed by atoms with van der Waals surface area (Å²) in [5.74, 6) is 0.952. The van der Waals surface area contributed by atoms with Gasteiger partial charge in [-0.15, -0.1) is 0 Å². The van der Waals surface area contributed by atoms with Crippen molar-refractivity contribution in [2.24, 2.45) is 5.92 Å². The Labute approximate surface area is 145 Å². The molecule has 0 aromatic rings. The summed E-state index contributed by atoms with van der Waals surface area (Å²) in [7, 11) is 4.40. The van der Waals surface area contributed by atoms with Gasteiger partial charge < -0.3 is 14.2 Å². The van der Waals surface area contributed by atoms with E-state index in [-0.39, 0.29) is 0 Å². The van der Waals surface area contributed by atoms with E-state index in [9.17, 15) is 0 Å². The van der Waals surface area contributed by atoms with Crippen LogP contribution in [0.25, 0.3) is 0 Å². The highest BCUT2D eigenvalue weighted by atomic mass is 28.3. The van der Waals surface area contributed by atoms with Crippen molar-refractivity contribution < 1.29 is 14.2 Å². The van der Waals surface area contributed by atoms with Gasteiger partial charge in [-0.25, -0.2) is 0 Å². The van der Waals surface area contributed by atoms with Gasteiger partial charge in [-0.3, -0.25) is 0 Å². The fourth-order valence-electron chi connectivity index (χ4n) is 5.02. The largest absolute Gasteiger partial charge is 0.335 e.